The fraction of sp³-hybridized carbons (Fsp3) is 0.478. The van der Waals surface area contributed by atoms with Crippen LogP contribution in [-0.2, 0) is 0 Å². The lowest BCUT2D eigenvalue weighted by Gasteiger charge is -2.44. The number of anilines is 4. The summed E-state index contributed by atoms with van der Waals surface area (Å²) in [6.07, 6.45) is 15.3. The molecule has 1 saturated carbocycles. The van der Waals surface area contributed by atoms with Crippen molar-refractivity contribution < 1.29 is 0 Å². The third-order valence-electron chi connectivity index (χ3n) is 6.97. The molecule has 0 radical (unpaired) electrons. The van der Waals surface area contributed by atoms with Gasteiger partial charge in [0.25, 0.3) is 0 Å². The second-order valence-electron chi connectivity index (χ2n) is 8.88. The molecule has 8 nitrogen and oxygen atoms in total. The summed E-state index contributed by atoms with van der Waals surface area (Å²) in [6, 6.07) is 4.12. The van der Waals surface area contributed by atoms with Crippen molar-refractivity contribution in [3.63, 3.8) is 0 Å². The van der Waals surface area contributed by atoms with E-state index in [-0.39, 0.29) is 5.54 Å². The van der Waals surface area contributed by atoms with Crippen LogP contribution in [0.3, 0.4) is 0 Å². The van der Waals surface area contributed by atoms with E-state index in [0.29, 0.717) is 5.95 Å². The van der Waals surface area contributed by atoms with E-state index in [1.807, 2.05) is 24.7 Å². The highest BCUT2D eigenvalue weighted by Gasteiger charge is 2.45. The number of nitrogens with one attached hydrogen (secondary N) is 2. The van der Waals surface area contributed by atoms with Crippen molar-refractivity contribution in [2.75, 3.05) is 41.3 Å². The maximum atomic E-state index is 4.93. The molecule has 2 aromatic heterocycles. The van der Waals surface area contributed by atoms with Crippen LogP contribution in [-0.4, -0.2) is 52.9 Å². The molecule has 0 atom stereocenters. The van der Waals surface area contributed by atoms with E-state index in [4.69, 9.17) is 9.98 Å². The lowest BCUT2D eigenvalue weighted by molar-refractivity contribution is 0.299. The van der Waals surface area contributed by atoms with Gasteiger partial charge in [-0.15, -0.1) is 0 Å². The number of hydrogen-bond acceptors (Lipinski definition) is 8. The molecule has 1 saturated heterocycles. The van der Waals surface area contributed by atoms with Gasteiger partial charge >= 0.3 is 0 Å². The van der Waals surface area contributed by atoms with E-state index in [9.17, 15) is 0 Å². The molecule has 5 heterocycles. The summed E-state index contributed by atoms with van der Waals surface area (Å²) in [5, 5.41) is 6.68. The van der Waals surface area contributed by atoms with Crippen LogP contribution >= 0.6 is 0 Å². The number of hydrogen-bond donors (Lipinski definition) is 2. The van der Waals surface area contributed by atoms with E-state index in [2.05, 4.69) is 42.5 Å². The molecule has 0 unspecified atom stereocenters. The fourth-order valence-electron chi connectivity index (χ4n) is 5.32. The van der Waals surface area contributed by atoms with Crippen LogP contribution in [0.1, 0.15) is 44.1 Å². The van der Waals surface area contributed by atoms with Gasteiger partial charge in [-0.3, -0.25) is 0 Å². The molecule has 4 aliphatic rings. The Morgan fingerprint density at radius 1 is 1.00 bits per heavy atom. The minimum absolute atomic E-state index is 0.134. The SMILES string of the molecule is C1=NC2=CCC3(CCCCC3)N2c2nc(Nc3ccc(N4CCNCC4)cn3)ncc21. The minimum atomic E-state index is 0.134. The number of fused-ring (bicyclic) bond motifs is 4. The zero-order valence-corrected chi connectivity index (χ0v) is 17.7. The van der Waals surface area contributed by atoms with Crippen molar-refractivity contribution >= 4 is 29.5 Å². The summed E-state index contributed by atoms with van der Waals surface area (Å²) in [5.74, 6) is 3.34. The molecule has 2 N–H and O–H groups in total. The van der Waals surface area contributed by atoms with E-state index >= 15 is 0 Å². The average molecular weight is 417 g/mol. The van der Waals surface area contributed by atoms with Gasteiger partial charge in [0.15, 0.2) is 0 Å². The smallest absolute Gasteiger partial charge is 0.230 e. The van der Waals surface area contributed by atoms with E-state index in [1.165, 1.54) is 32.1 Å². The molecule has 0 amide bonds. The highest BCUT2D eigenvalue weighted by Crippen LogP contribution is 2.47. The summed E-state index contributed by atoms with van der Waals surface area (Å²) in [7, 11) is 0. The van der Waals surface area contributed by atoms with Gasteiger partial charge in [0.05, 0.1) is 23.0 Å². The van der Waals surface area contributed by atoms with Crippen LogP contribution in [0.15, 0.2) is 41.4 Å². The van der Waals surface area contributed by atoms with Crippen LogP contribution in [0, 0.1) is 0 Å². The van der Waals surface area contributed by atoms with Crippen LogP contribution in [0.25, 0.3) is 0 Å². The lowest BCUT2D eigenvalue weighted by Crippen LogP contribution is -2.47. The standard InChI is InChI=1S/C23H28N8/c1-2-7-23(8-3-1)9-6-20-26-14-17-15-27-22(29-21(17)31(20)23)28-19-5-4-18(16-25-19)30-12-10-24-11-13-30/h4-6,14-16,24H,1-3,7-13H2,(H,25,27,28,29). The van der Waals surface area contributed by atoms with Gasteiger partial charge in [-0.05, 0) is 37.5 Å². The Bertz CT molecular complexity index is 1020. The second kappa shape index (κ2) is 7.60. The summed E-state index contributed by atoms with van der Waals surface area (Å²) >= 11 is 0. The first-order valence-corrected chi connectivity index (χ1v) is 11.4. The van der Waals surface area contributed by atoms with Crippen molar-refractivity contribution in [1.29, 1.82) is 0 Å². The van der Waals surface area contributed by atoms with E-state index in [1.54, 1.807) is 0 Å². The maximum absolute atomic E-state index is 4.93. The Morgan fingerprint density at radius 2 is 1.87 bits per heavy atom. The predicted molar refractivity (Wildman–Crippen MR) is 123 cm³/mol. The molecular weight excluding hydrogens is 388 g/mol. The van der Waals surface area contributed by atoms with Crippen LogP contribution in [0.5, 0.6) is 0 Å². The summed E-state index contributed by atoms with van der Waals surface area (Å²) in [6.45, 7) is 4.05. The Morgan fingerprint density at radius 3 is 2.68 bits per heavy atom. The number of nitrogens with zero attached hydrogens (tertiary/aromatic N) is 6. The molecule has 0 aromatic carbocycles. The minimum Gasteiger partial charge on any atom is -0.368 e. The number of aliphatic imine (C=N–C) groups is 1. The third kappa shape index (κ3) is 3.35. The first kappa shape index (κ1) is 18.7. The van der Waals surface area contributed by atoms with Gasteiger partial charge in [-0.2, -0.15) is 4.98 Å². The molecule has 2 fully saturated rings. The number of rotatable bonds is 3. The molecule has 1 spiro atoms. The van der Waals surface area contributed by atoms with Gasteiger partial charge in [-0.25, -0.2) is 15.0 Å². The Kier molecular flexibility index (Phi) is 4.60. The van der Waals surface area contributed by atoms with Gasteiger partial charge in [0.2, 0.25) is 5.95 Å². The van der Waals surface area contributed by atoms with Gasteiger partial charge in [0, 0.05) is 38.6 Å². The quantitative estimate of drug-likeness (QED) is 0.795. The number of piperazine rings is 1. The van der Waals surface area contributed by atoms with E-state index < -0.39 is 0 Å². The molecule has 3 aliphatic heterocycles. The van der Waals surface area contributed by atoms with Crippen molar-refractivity contribution in [1.82, 2.24) is 20.3 Å². The maximum Gasteiger partial charge on any atom is 0.230 e. The third-order valence-corrected chi connectivity index (χ3v) is 6.97. The molecule has 0 bridgehead atoms. The average Bonchev–Trinajstić information content (AvgIpc) is 3.19. The Balaban J connectivity index is 1.25. The molecule has 160 valence electrons. The van der Waals surface area contributed by atoms with Crippen molar-refractivity contribution in [2.45, 2.75) is 44.1 Å². The van der Waals surface area contributed by atoms with Gasteiger partial charge in [-0.1, -0.05) is 19.3 Å². The first-order chi connectivity index (χ1) is 15.3. The summed E-state index contributed by atoms with van der Waals surface area (Å²) in [4.78, 5) is 23.5. The molecule has 1 aliphatic carbocycles. The lowest BCUT2D eigenvalue weighted by atomic mass is 9.79. The summed E-state index contributed by atoms with van der Waals surface area (Å²) < 4.78 is 0. The number of aromatic nitrogens is 3. The zero-order chi connectivity index (χ0) is 20.7. The monoisotopic (exact) mass is 416 g/mol. The van der Waals surface area contributed by atoms with Crippen LogP contribution in [0.2, 0.25) is 0 Å². The van der Waals surface area contributed by atoms with Gasteiger partial charge in [0.1, 0.15) is 17.5 Å². The zero-order valence-electron chi connectivity index (χ0n) is 17.7. The van der Waals surface area contributed by atoms with Crippen LogP contribution in [0.4, 0.5) is 23.3 Å². The van der Waals surface area contributed by atoms with Crippen molar-refractivity contribution in [2.24, 2.45) is 4.99 Å². The molecule has 2 aromatic rings. The van der Waals surface area contributed by atoms with Gasteiger partial charge < -0.3 is 20.4 Å². The highest BCUT2D eigenvalue weighted by molar-refractivity contribution is 5.91. The molecule has 31 heavy (non-hydrogen) atoms. The highest BCUT2D eigenvalue weighted by atomic mass is 15.4. The Hall–Kier alpha value is -3.00. The topological polar surface area (TPSA) is 81.6 Å². The fourth-order valence-corrected chi connectivity index (χ4v) is 5.32. The Labute approximate surface area is 182 Å². The first-order valence-electron chi connectivity index (χ1n) is 11.4. The van der Waals surface area contributed by atoms with Crippen molar-refractivity contribution in [3.05, 3.63) is 42.0 Å². The molecule has 8 heteroatoms. The predicted octanol–water partition coefficient (Wildman–Crippen LogP) is 3.21. The van der Waals surface area contributed by atoms with E-state index in [0.717, 1.165) is 61.3 Å². The van der Waals surface area contributed by atoms with Crippen molar-refractivity contribution in [3.8, 4) is 0 Å². The van der Waals surface area contributed by atoms with Crippen LogP contribution < -0.4 is 20.4 Å². The molecule has 6 rings (SSSR count). The molecular formula is C23H28N8. The number of pyridine rings is 1. The normalized spacial score (nSPS) is 21.6. The summed E-state index contributed by atoms with van der Waals surface area (Å²) in [5.41, 5.74) is 2.27. The largest absolute Gasteiger partial charge is 0.368 e. The second-order valence-corrected chi connectivity index (χ2v) is 8.88.